The van der Waals surface area contributed by atoms with Crippen molar-refractivity contribution in [2.75, 3.05) is 13.1 Å². The first kappa shape index (κ1) is 11.0. The fourth-order valence-corrected chi connectivity index (χ4v) is 2.96. The van der Waals surface area contributed by atoms with Crippen LogP contribution in [0.4, 0.5) is 0 Å². The van der Waals surface area contributed by atoms with Gasteiger partial charge in [0, 0.05) is 43.4 Å². The van der Waals surface area contributed by atoms with E-state index in [1.807, 2.05) is 6.07 Å². The number of nitrogens with zero attached hydrogens (tertiary/aromatic N) is 3. The summed E-state index contributed by atoms with van der Waals surface area (Å²) in [6.45, 7) is 6.85. The lowest BCUT2D eigenvalue weighted by Gasteiger charge is -2.53. The Balaban J connectivity index is 1.62. The quantitative estimate of drug-likeness (QED) is 0.794. The lowest BCUT2D eigenvalue weighted by Crippen LogP contribution is -2.61. The molecular weight excluding hydrogens is 214 g/mol. The van der Waals surface area contributed by atoms with E-state index in [-0.39, 0.29) is 0 Å². The maximum atomic E-state index is 5.90. The topological polar surface area (TPSA) is 38.2 Å². The second kappa shape index (κ2) is 4.26. The molecule has 1 saturated carbocycles. The molecule has 1 aromatic rings. The lowest BCUT2D eigenvalue weighted by atomic mass is 9.67. The standard InChI is InChI=1S/C13H19N3O/c1-9(2)16-7-10-6-11(8-16)12(10)17-13-14-4-3-5-15-13/h3-5,9-12H,6-8H2,1-2H3. The molecule has 3 heterocycles. The summed E-state index contributed by atoms with van der Waals surface area (Å²) in [5, 5.41) is 0. The van der Waals surface area contributed by atoms with Gasteiger partial charge in [0.25, 0.3) is 0 Å². The van der Waals surface area contributed by atoms with Crippen LogP contribution in [0.5, 0.6) is 6.01 Å². The third-order valence-electron chi connectivity index (χ3n) is 3.99. The fourth-order valence-electron chi connectivity index (χ4n) is 2.96. The second-order valence-electron chi connectivity index (χ2n) is 5.42. The van der Waals surface area contributed by atoms with Gasteiger partial charge in [0.2, 0.25) is 0 Å². The molecular formula is C13H19N3O. The lowest BCUT2D eigenvalue weighted by molar-refractivity contribution is -0.103. The average molecular weight is 233 g/mol. The van der Waals surface area contributed by atoms with Crippen LogP contribution in [0, 0.1) is 11.8 Å². The first-order valence-electron chi connectivity index (χ1n) is 6.42. The number of rotatable bonds is 3. The average Bonchev–Trinajstić information content (AvgIpc) is 2.37. The number of aromatic nitrogens is 2. The summed E-state index contributed by atoms with van der Waals surface area (Å²) in [6.07, 6.45) is 5.11. The van der Waals surface area contributed by atoms with Crippen LogP contribution in [-0.4, -0.2) is 40.1 Å². The van der Waals surface area contributed by atoms with Crippen molar-refractivity contribution >= 4 is 0 Å². The molecule has 2 atom stereocenters. The van der Waals surface area contributed by atoms with Gasteiger partial charge < -0.3 is 9.64 Å². The molecule has 3 aliphatic rings. The van der Waals surface area contributed by atoms with E-state index >= 15 is 0 Å². The highest BCUT2D eigenvalue weighted by molar-refractivity contribution is 5.04. The largest absolute Gasteiger partial charge is 0.459 e. The summed E-state index contributed by atoms with van der Waals surface area (Å²) in [5.74, 6) is 1.33. The molecule has 0 aromatic carbocycles. The second-order valence-corrected chi connectivity index (χ2v) is 5.42. The molecule has 1 aliphatic carbocycles. The minimum atomic E-state index is 0.340. The Morgan fingerprint density at radius 1 is 1.24 bits per heavy atom. The van der Waals surface area contributed by atoms with E-state index in [0.717, 1.165) is 13.1 Å². The van der Waals surface area contributed by atoms with Crippen molar-refractivity contribution in [2.24, 2.45) is 11.8 Å². The van der Waals surface area contributed by atoms with Crippen LogP contribution in [-0.2, 0) is 0 Å². The van der Waals surface area contributed by atoms with Crippen LogP contribution in [0.2, 0.25) is 0 Å². The Bertz CT molecular complexity index is 370. The summed E-state index contributed by atoms with van der Waals surface area (Å²) < 4.78 is 5.90. The van der Waals surface area contributed by atoms with Crippen LogP contribution >= 0.6 is 0 Å². The Morgan fingerprint density at radius 2 is 1.88 bits per heavy atom. The van der Waals surface area contributed by atoms with Crippen LogP contribution in [0.3, 0.4) is 0 Å². The Morgan fingerprint density at radius 3 is 2.47 bits per heavy atom. The number of hydrogen-bond acceptors (Lipinski definition) is 4. The molecule has 4 heteroatoms. The molecule has 4 nitrogen and oxygen atoms in total. The zero-order valence-corrected chi connectivity index (χ0v) is 10.4. The monoisotopic (exact) mass is 233 g/mol. The van der Waals surface area contributed by atoms with Gasteiger partial charge in [-0.2, -0.15) is 0 Å². The molecule has 17 heavy (non-hydrogen) atoms. The van der Waals surface area contributed by atoms with Gasteiger partial charge in [-0.25, -0.2) is 9.97 Å². The highest BCUT2D eigenvalue weighted by Crippen LogP contribution is 2.42. The van der Waals surface area contributed by atoms with Crippen molar-refractivity contribution in [3.05, 3.63) is 18.5 Å². The Kier molecular flexibility index (Phi) is 2.74. The van der Waals surface area contributed by atoms with Gasteiger partial charge in [-0.05, 0) is 26.3 Å². The molecule has 0 amide bonds. The van der Waals surface area contributed by atoms with Gasteiger partial charge in [-0.1, -0.05) is 0 Å². The summed E-state index contributed by atoms with van der Waals surface area (Å²) >= 11 is 0. The molecule has 3 fully saturated rings. The summed E-state index contributed by atoms with van der Waals surface area (Å²) in [5.41, 5.74) is 0. The molecule has 92 valence electrons. The first-order chi connectivity index (χ1) is 8.24. The van der Waals surface area contributed by atoms with Crippen LogP contribution in [0.1, 0.15) is 20.3 Å². The van der Waals surface area contributed by atoms with Crippen molar-refractivity contribution in [1.82, 2.24) is 14.9 Å². The van der Waals surface area contributed by atoms with Crippen molar-refractivity contribution in [3.63, 3.8) is 0 Å². The van der Waals surface area contributed by atoms with Gasteiger partial charge in [0.15, 0.2) is 0 Å². The minimum Gasteiger partial charge on any atom is -0.459 e. The van der Waals surface area contributed by atoms with E-state index in [2.05, 4.69) is 28.7 Å². The maximum Gasteiger partial charge on any atom is 0.316 e. The summed E-state index contributed by atoms with van der Waals surface area (Å²) in [6, 6.07) is 2.99. The molecule has 2 bridgehead atoms. The zero-order chi connectivity index (χ0) is 11.8. The van der Waals surface area contributed by atoms with Crippen LogP contribution in [0.25, 0.3) is 0 Å². The van der Waals surface area contributed by atoms with Crippen molar-refractivity contribution < 1.29 is 4.74 Å². The molecule has 1 aromatic heterocycles. The predicted molar refractivity (Wildman–Crippen MR) is 64.8 cm³/mol. The molecule has 2 saturated heterocycles. The zero-order valence-electron chi connectivity index (χ0n) is 10.4. The third kappa shape index (κ3) is 2.02. The summed E-state index contributed by atoms with van der Waals surface area (Å²) in [4.78, 5) is 10.8. The number of hydrogen-bond donors (Lipinski definition) is 0. The molecule has 0 radical (unpaired) electrons. The van der Waals surface area contributed by atoms with Gasteiger partial charge in [-0.15, -0.1) is 0 Å². The van der Waals surface area contributed by atoms with E-state index in [1.54, 1.807) is 12.4 Å². The molecule has 2 aliphatic heterocycles. The SMILES string of the molecule is CC(C)N1CC2CC(C1)C2Oc1ncccn1. The van der Waals surface area contributed by atoms with Crippen molar-refractivity contribution in [1.29, 1.82) is 0 Å². The molecule has 0 N–H and O–H groups in total. The smallest absolute Gasteiger partial charge is 0.316 e. The van der Waals surface area contributed by atoms with E-state index in [0.29, 0.717) is 30.0 Å². The van der Waals surface area contributed by atoms with E-state index in [1.165, 1.54) is 6.42 Å². The normalized spacial score (nSPS) is 32.3. The minimum absolute atomic E-state index is 0.340. The van der Waals surface area contributed by atoms with Crippen LogP contribution < -0.4 is 4.74 Å². The van der Waals surface area contributed by atoms with E-state index < -0.39 is 0 Å². The molecule has 4 rings (SSSR count). The van der Waals surface area contributed by atoms with Gasteiger partial charge in [-0.3, -0.25) is 0 Å². The van der Waals surface area contributed by atoms with Gasteiger partial charge in [0.1, 0.15) is 6.10 Å². The Labute approximate surface area is 102 Å². The van der Waals surface area contributed by atoms with E-state index in [9.17, 15) is 0 Å². The third-order valence-corrected chi connectivity index (χ3v) is 3.99. The predicted octanol–water partition coefficient (Wildman–Crippen LogP) is 1.58. The number of ether oxygens (including phenoxy) is 1. The Hall–Kier alpha value is -1.16. The summed E-state index contributed by atoms with van der Waals surface area (Å²) in [7, 11) is 0. The maximum absolute atomic E-state index is 5.90. The highest BCUT2D eigenvalue weighted by Gasteiger charge is 2.49. The fraction of sp³-hybridized carbons (Fsp3) is 0.692. The molecule has 0 spiro atoms. The van der Waals surface area contributed by atoms with Gasteiger partial charge >= 0.3 is 6.01 Å². The number of fused-ring (bicyclic) bond motifs is 2. The van der Waals surface area contributed by atoms with E-state index in [4.69, 9.17) is 4.74 Å². The van der Waals surface area contributed by atoms with Crippen molar-refractivity contribution in [3.8, 4) is 6.01 Å². The first-order valence-corrected chi connectivity index (χ1v) is 6.42. The highest BCUT2D eigenvalue weighted by atomic mass is 16.5. The number of piperidine rings is 2. The molecule has 2 unspecified atom stereocenters. The van der Waals surface area contributed by atoms with Crippen molar-refractivity contribution in [2.45, 2.75) is 32.4 Å². The van der Waals surface area contributed by atoms with Gasteiger partial charge in [0.05, 0.1) is 0 Å². The van der Waals surface area contributed by atoms with Crippen LogP contribution in [0.15, 0.2) is 18.5 Å².